The molecule has 0 radical (unpaired) electrons. The van der Waals surface area contributed by atoms with Gasteiger partial charge in [-0.3, -0.25) is 4.79 Å². The molecular weight excluding hydrogens is 256 g/mol. The average molecular weight is 278 g/mol. The molecule has 1 fully saturated rings. The minimum absolute atomic E-state index is 0.125. The van der Waals surface area contributed by atoms with Crippen molar-refractivity contribution in [2.24, 2.45) is 0 Å². The quantitative estimate of drug-likeness (QED) is 0.868. The van der Waals surface area contributed by atoms with Crippen LogP contribution in [0.15, 0.2) is 6.07 Å². The van der Waals surface area contributed by atoms with Crippen LogP contribution in [-0.2, 0) is 24.2 Å². The molecule has 1 amide bonds. The fourth-order valence-electron chi connectivity index (χ4n) is 3.09. The van der Waals surface area contributed by atoms with Gasteiger partial charge in [-0.05, 0) is 43.7 Å². The third-order valence-electron chi connectivity index (χ3n) is 4.16. The lowest BCUT2D eigenvalue weighted by Crippen LogP contribution is -2.37. The summed E-state index contributed by atoms with van der Waals surface area (Å²) in [6.07, 6.45) is 8.83. The number of nitrogens with one attached hydrogen (secondary N) is 2. The highest BCUT2D eigenvalue weighted by molar-refractivity contribution is 7.12. The van der Waals surface area contributed by atoms with Crippen LogP contribution in [0.3, 0.4) is 0 Å². The van der Waals surface area contributed by atoms with Gasteiger partial charge in [-0.15, -0.1) is 11.3 Å². The summed E-state index contributed by atoms with van der Waals surface area (Å²) >= 11 is 1.87. The Bertz CT molecular complexity index is 427. The number of carbonyl (C=O) groups is 1. The topological polar surface area (TPSA) is 41.1 Å². The van der Waals surface area contributed by atoms with Crippen molar-refractivity contribution in [3.63, 3.8) is 0 Å². The molecule has 1 aromatic heterocycles. The number of amides is 1. The van der Waals surface area contributed by atoms with E-state index in [9.17, 15) is 4.79 Å². The van der Waals surface area contributed by atoms with Gasteiger partial charge in [-0.1, -0.05) is 12.8 Å². The zero-order valence-electron chi connectivity index (χ0n) is 11.3. The van der Waals surface area contributed by atoms with Crippen molar-refractivity contribution < 1.29 is 4.79 Å². The average Bonchev–Trinajstić information content (AvgIpc) is 3.09. The van der Waals surface area contributed by atoms with Crippen molar-refractivity contribution in [3.05, 3.63) is 21.4 Å². The lowest BCUT2D eigenvalue weighted by molar-refractivity contribution is -0.120. The largest absolute Gasteiger partial charge is 0.350 e. The summed E-state index contributed by atoms with van der Waals surface area (Å²) in [6.45, 7) is 1.17. The predicted molar refractivity (Wildman–Crippen MR) is 78.4 cm³/mol. The molecule has 0 bridgehead atoms. The SMILES string of the molecule is O=C(CNC1CCCC1)NCc1cc2c(s1)CCC2. The van der Waals surface area contributed by atoms with Crippen LogP contribution in [0.1, 0.15) is 47.4 Å². The Hall–Kier alpha value is -0.870. The van der Waals surface area contributed by atoms with Crippen LogP contribution in [0, 0.1) is 0 Å². The second-order valence-electron chi connectivity index (χ2n) is 5.65. The minimum Gasteiger partial charge on any atom is -0.350 e. The summed E-state index contributed by atoms with van der Waals surface area (Å²) in [5, 5.41) is 6.37. The molecule has 3 rings (SSSR count). The van der Waals surface area contributed by atoms with Crippen molar-refractivity contribution in [2.75, 3.05) is 6.54 Å². The van der Waals surface area contributed by atoms with E-state index in [2.05, 4.69) is 16.7 Å². The monoisotopic (exact) mass is 278 g/mol. The Balaban J connectivity index is 1.39. The maximum atomic E-state index is 11.8. The molecule has 0 spiro atoms. The summed E-state index contributed by atoms with van der Waals surface area (Å²) in [5.41, 5.74) is 1.51. The highest BCUT2D eigenvalue weighted by Gasteiger charge is 2.16. The molecule has 1 heterocycles. The molecule has 0 aliphatic heterocycles. The molecule has 4 heteroatoms. The van der Waals surface area contributed by atoms with E-state index in [1.165, 1.54) is 60.3 Å². The van der Waals surface area contributed by atoms with Crippen LogP contribution in [0.25, 0.3) is 0 Å². The lowest BCUT2D eigenvalue weighted by Gasteiger charge is -2.11. The molecule has 0 saturated heterocycles. The molecule has 0 aromatic carbocycles. The normalized spacial score (nSPS) is 18.7. The smallest absolute Gasteiger partial charge is 0.234 e. The maximum absolute atomic E-state index is 11.8. The minimum atomic E-state index is 0.125. The first kappa shape index (κ1) is 13.1. The van der Waals surface area contributed by atoms with E-state index in [0.29, 0.717) is 19.1 Å². The van der Waals surface area contributed by atoms with E-state index < -0.39 is 0 Å². The summed E-state index contributed by atoms with van der Waals surface area (Å²) in [7, 11) is 0. The van der Waals surface area contributed by atoms with Gasteiger partial charge in [-0.25, -0.2) is 0 Å². The molecule has 2 aliphatic rings. The van der Waals surface area contributed by atoms with Gasteiger partial charge in [0, 0.05) is 15.8 Å². The number of carbonyl (C=O) groups excluding carboxylic acids is 1. The molecule has 0 atom stereocenters. The van der Waals surface area contributed by atoms with E-state index >= 15 is 0 Å². The van der Waals surface area contributed by atoms with E-state index in [0.717, 1.165) is 0 Å². The number of aryl methyl sites for hydroxylation is 2. The third kappa shape index (κ3) is 3.37. The highest BCUT2D eigenvalue weighted by Crippen LogP contribution is 2.30. The zero-order chi connectivity index (χ0) is 13.1. The second kappa shape index (κ2) is 6.06. The van der Waals surface area contributed by atoms with Crippen LogP contribution in [0.4, 0.5) is 0 Å². The summed E-state index contributed by atoms with van der Waals surface area (Å²) in [4.78, 5) is 14.6. The number of rotatable bonds is 5. The predicted octanol–water partition coefficient (Wildman–Crippen LogP) is 2.39. The van der Waals surface area contributed by atoms with Crippen molar-refractivity contribution in [1.29, 1.82) is 0 Å². The molecule has 0 unspecified atom stereocenters. The zero-order valence-corrected chi connectivity index (χ0v) is 12.2. The van der Waals surface area contributed by atoms with Gasteiger partial charge in [0.05, 0.1) is 13.1 Å². The Kier molecular flexibility index (Phi) is 4.18. The molecule has 2 aliphatic carbocycles. The van der Waals surface area contributed by atoms with Crippen molar-refractivity contribution in [2.45, 2.75) is 57.5 Å². The molecule has 104 valence electrons. The fraction of sp³-hybridized carbons (Fsp3) is 0.667. The Morgan fingerprint density at radius 1 is 1.26 bits per heavy atom. The van der Waals surface area contributed by atoms with Gasteiger partial charge in [0.25, 0.3) is 0 Å². The van der Waals surface area contributed by atoms with E-state index in [-0.39, 0.29) is 5.91 Å². The van der Waals surface area contributed by atoms with E-state index in [1.54, 1.807) is 0 Å². The molecule has 3 nitrogen and oxygen atoms in total. The van der Waals surface area contributed by atoms with Gasteiger partial charge in [0.2, 0.25) is 5.91 Å². The number of hydrogen-bond donors (Lipinski definition) is 2. The van der Waals surface area contributed by atoms with Crippen LogP contribution in [-0.4, -0.2) is 18.5 Å². The van der Waals surface area contributed by atoms with Gasteiger partial charge in [-0.2, -0.15) is 0 Å². The summed E-state index contributed by atoms with van der Waals surface area (Å²) in [5.74, 6) is 0.125. The Labute approximate surface area is 118 Å². The van der Waals surface area contributed by atoms with Gasteiger partial charge < -0.3 is 10.6 Å². The third-order valence-corrected chi connectivity index (χ3v) is 5.40. The second-order valence-corrected chi connectivity index (χ2v) is 6.87. The standard InChI is InChI=1S/C15H22N2OS/c18-15(10-16-12-5-1-2-6-12)17-9-13-8-11-4-3-7-14(11)19-13/h8,12,16H,1-7,9-10H2,(H,17,18). The van der Waals surface area contributed by atoms with Crippen molar-refractivity contribution in [1.82, 2.24) is 10.6 Å². The highest BCUT2D eigenvalue weighted by atomic mass is 32.1. The summed E-state index contributed by atoms with van der Waals surface area (Å²) in [6, 6.07) is 2.84. The van der Waals surface area contributed by atoms with Gasteiger partial charge >= 0.3 is 0 Å². The van der Waals surface area contributed by atoms with Crippen LogP contribution >= 0.6 is 11.3 Å². The van der Waals surface area contributed by atoms with Gasteiger partial charge in [0.1, 0.15) is 0 Å². The summed E-state index contributed by atoms with van der Waals surface area (Å²) < 4.78 is 0. The van der Waals surface area contributed by atoms with Crippen molar-refractivity contribution in [3.8, 4) is 0 Å². The number of hydrogen-bond acceptors (Lipinski definition) is 3. The van der Waals surface area contributed by atoms with Crippen LogP contribution in [0.5, 0.6) is 0 Å². The van der Waals surface area contributed by atoms with E-state index in [4.69, 9.17) is 0 Å². The van der Waals surface area contributed by atoms with Crippen LogP contribution < -0.4 is 10.6 Å². The maximum Gasteiger partial charge on any atom is 0.234 e. The molecule has 19 heavy (non-hydrogen) atoms. The van der Waals surface area contributed by atoms with Crippen molar-refractivity contribution >= 4 is 17.2 Å². The Morgan fingerprint density at radius 2 is 2.11 bits per heavy atom. The lowest BCUT2D eigenvalue weighted by atomic mass is 10.2. The van der Waals surface area contributed by atoms with Gasteiger partial charge in [0.15, 0.2) is 0 Å². The fourth-order valence-corrected chi connectivity index (χ4v) is 4.29. The first-order valence-corrected chi connectivity index (χ1v) is 8.23. The molecule has 1 saturated carbocycles. The first-order chi connectivity index (χ1) is 9.31. The molecule has 2 N–H and O–H groups in total. The number of thiophene rings is 1. The Morgan fingerprint density at radius 3 is 2.89 bits per heavy atom. The van der Waals surface area contributed by atoms with E-state index in [1.807, 2.05) is 11.3 Å². The first-order valence-electron chi connectivity index (χ1n) is 7.42. The molecular formula is C15H22N2OS. The number of fused-ring (bicyclic) bond motifs is 1. The molecule has 1 aromatic rings. The van der Waals surface area contributed by atoms with Crippen LogP contribution in [0.2, 0.25) is 0 Å².